The van der Waals surface area contributed by atoms with Gasteiger partial charge in [0.2, 0.25) is 0 Å². The Labute approximate surface area is 242 Å². The molecule has 1 saturated heterocycles. The van der Waals surface area contributed by atoms with Crippen LogP contribution in [0.5, 0.6) is 0 Å². The van der Waals surface area contributed by atoms with Crippen LogP contribution in [0, 0.1) is 0 Å². The van der Waals surface area contributed by atoms with E-state index in [1.165, 1.54) is 11.8 Å². The van der Waals surface area contributed by atoms with Crippen LogP contribution in [0.4, 0.5) is 17.3 Å². The van der Waals surface area contributed by atoms with Gasteiger partial charge >= 0.3 is 0 Å². The van der Waals surface area contributed by atoms with Crippen molar-refractivity contribution in [3.05, 3.63) is 101 Å². The summed E-state index contributed by atoms with van der Waals surface area (Å²) in [4.78, 5) is 29.7. The molecule has 3 aromatic carbocycles. The number of nitrogens with one attached hydrogen (secondary N) is 1. The molecule has 0 atom stereocenters. The van der Waals surface area contributed by atoms with Crippen molar-refractivity contribution < 1.29 is 4.79 Å². The molecule has 0 radical (unpaired) electrons. The molecule has 2 heterocycles. The highest BCUT2D eigenvalue weighted by atomic mass is 35.5. The van der Waals surface area contributed by atoms with Crippen LogP contribution in [0.3, 0.4) is 0 Å². The Morgan fingerprint density at radius 3 is 2.40 bits per heavy atom. The van der Waals surface area contributed by atoms with Crippen molar-refractivity contribution in [2.45, 2.75) is 23.4 Å². The monoisotopic (exact) mass is 569 g/mol. The van der Waals surface area contributed by atoms with Crippen molar-refractivity contribution in [1.29, 1.82) is 0 Å². The van der Waals surface area contributed by atoms with Crippen molar-refractivity contribution in [3.8, 4) is 11.1 Å². The average molecular weight is 570 g/mol. The third kappa shape index (κ3) is 6.80. The summed E-state index contributed by atoms with van der Waals surface area (Å²) in [6.45, 7) is 3.63. The maximum absolute atomic E-state index is 12.9. The van der Waals surface area contributed by atoms with E-state index in [-0.39, 0.29) is 11.7 Å². The van der Waals surface area contributed by atoms with Gasteiger partial charge < -0.3 is 21.7 Å². The number of allylic oxidation sites excluding steroid dienone is 1. The molecular weight excluding hydrogens is 542 g/mol. The molecule has 1 aromatic heterocycles. The minimum atomic E-state index is -0.280. The lowest BCUT2D eigenvalue weighted by molar-refractivity contribution is 0.102. The summed E-state index contributed by atoms with van der Waals surface area (Å²) in [6.07, 6.45) is 2.72. The number of hydrogen-bond acceptors (Lipinski definition) is 7. The first-order valence-corrected chi connectivity index (χ1v) is 13.9. The van der Waals surface area contributed by atoms with Crippen LogP contribution >= 0.6 is 23.4 Å². The second-order valence-corrected chi connectivity index (χ2v) is 10.7. The summed E-state index contributed by atoms with van der Waals surface area (Å²) in [5, 5.41) is 3.85. The highest BCUT2D eigenvalue weighted by Gasteiger charge is 2.18. The normalized spacial score (nSPS) is 13.6. The van der Waals surface area contributed by atoms with Crippen LogP contribution in [0.25, 0.3) is 11.1 Å². The van der Waals surface area contributed by atoms with E-state index in [1.54, 1.807) is 25.1 Å². The van der Waals surface area contributed by atoms with Gasteiger partial charge in [0.1, 0.15) is 11.7 Å². The molecule has 10 heteroatoms. The van der Waals surface area contributed by atoms with Crippen LogP contribution < -0.4 is 21.7 Å². The van der Waals surface area contributed by atoms with E-state index in [0.717, 1.165) is 41.4 Å². The largest absolute Gasteiger partial charge is 0.402 e. The topological polar surface area (TPSA) is 123 Å². The SMILES string of the molecule is C/C(N)=C/C(N)=N/c1cc(N2CCC2)nc(Sc2ccc(NC(=O)c3ccc(-c4ccccc4)cc3Cl)cc2)n1. The van der Waals surface area contributed by atoms with E-state index in [2.05, 4.69) is 20.2 Å². The molecule has 1 aliphatic rings. The standard InChI is InChI=1S/C30H28ClN7OS/c1-19(32)16-26(33)35-27-18-28(38-14-5-15-38)37-30(36-27)40-23-11-9-22(10-12-23)34-29(39)24-13-8-21(17-25(24)31)20-6-3-2-4-7-20/h2-4,6-13,16-18H,5,14-15,32H2,1H3,(H,34,39)(H2,33,35,36,37)/b19-16-. The Morgan fingerprint density at radius 2 is 1.75 bits per heavy atom. The summed E-state index contributed by atoms with van der Waals surface area (Å²) in [5.41, 5.74) is 15.3. The molecule has 5 N–H and O–H groups in total. The van der Waals surface area contributed by atoms with E-state index >= 15 is 0 Å². The number of aromatic nitrogens is 2. The number of aliphatic imine (C=N–C) groups is 1. The third-order valence-electron chi connectivity index (χ3n) is 6.12. The number of benzene rings is 3. The van der Waals surface area contributed by atoms with Gasteiger partial charge in [-0.05, 0) is 78.7 Å². The molecule has 0 spiro atoms. The van der Waals surface area contributed by atoms with E-state index in [1.807, 2.05) is 66.7 Å². The third-order valence-corrected chi connectivity index (χ3v) is 7.31. The van der Waals surface area contributed by atoms with Gasteiger partial charge in [-0.15, -0.1) is 0 Å². The van der Waals surface area contributed by atoms with Crippen LogP contribution in [-0.2, 0) is 0 Å². The highest BCUT2D eigenvalue weighted by molar-refractivity contribution is 7.99. The lowest BCUT2D eigenvalue weighted by atomic mass is 10.0. The van der Waals surface area contributed by atoms with Gasteiger partial charge in [-0.3, -0.25) is 4.79 Å². The van der Waals surface area contributed by atoms with Gasteiger partial charge in [0.25, 0.3) is 5.91 Å². The predicted molar refractivity (Wildman–Crippen MR) is 163 cm³/mol. The summed E-state index contributed by atoms with van der Waals surface area (Å²) < 4.78 is 0. The van der Waals surface area contributed by atoms with Crippen molar-refractivity contribution in [3.63, 3.8) is 0 Å². The first-order valence-electron chi connectivity index (χ1n) is 12.7. The molecule has 5 rings (SSSR count). The number of halogens is 1. The number of carbonyl (C=O) groups is 1. The first-order chi connectivity index (χ1) is 19.3. The number of nitrogens with zero attached hydrogens (tertiary/aromatic N) is 4. The number of hydrogen-bond donors (Lipinski definition) is 3. The van der Waals surface area contributed by atoms with Gasteiger partial charge in [-0.1, -0.05) is 48.0 Å². The number of anilines is 2. The lowest BCUT2D eigenvalue weighted by Crippen LogP contribution is -2.37. The van der Waals surface area contributed by atoms with E-state index in [9.17, 15) is 4.79 Å². The Hall–Kier alpha value is -4.34. The summed E-state index contributed by atoms with van der Waals surface area (Å²) in [7, 11) is 0. The number of rotatable bonds is 8. The van der Waals surface area contributed by atoms with Crippen molar-refractivity contribution in [2.75, 3.05) is 23.3 Å². The Kier molecular flexibility index (Phi) is 8.33. The summed E-state index contributed by atoms with van der Waals surface area (Å²) >= 11 is 7.87. The summed E-state index contributed by atoms with van der Waals surface area (Å²) in [6, 6.07) is 24.6. The Morgan fingerprint density at radius 1 is 1.00 bits per heavy atom. The average Bonchev–Trinajstić information content (AvgIpc) is 2.88. The number of carbonyl (C=O) groups excluding carboxylic acids is 1. The zero-order valence-corrected chi connectivity index (χ0v) is 23.4. The second-order valence-electron chi connectivity index (χ2n) is 9.27. The lowest BCUT2D eigenvalue weighted by Gasteiger charge is -2.32. The van der Waals surface area contributed by atoms with Crippen molar-refractivity contribution in [1.82, 2.24) is 9.97 Å². The fourth-order valence-electron chi connectivity index (χ4n) is 4.03. The molecule has 1 fully saturated rings. The molecule has 202 valence electrons. The molecule has 0 bridgehead atoms. The van der Waals surface area contributed by atoms with E-state index in [0.29, 0.717) is 32.9 Å². The Balaban J connectivity index is 1.29. The van der Waals surface area contributed by atoms with Crippen LogP contribution in [0.15, 0.2) is 106 Å². The number of amides is 1. The molecule has 0 unspecified atom stereocenters. The van der Waals surface area contributed by atoms with Gasteiger partial charge in [0.15, 0.2) is 11.0 Å². The molecule has 0 aliphatic carbocycles. The molecule has 1 aliphatic heterocycles. The highest BCUT2D eigenvalue weighted by Crippen LogP contribution is 2.31. The molecule has 4 aromatic rings. The maximum atomic E-state index is 12.9. The van der Waals surface area contributed by atoms with Gasteiger partial charge in [-0.2, -0.15) is 0 Å². The molecule has 1 amide bonds. The van der Waals surface area contributed by atoms with Gasteiger partial charge in [0, 0.05) is 35.4 Å². The fourth-order valence-corrected chi connectivity index (χ4v) is 5.06. The maximum Gasteiger partial charge on any atom is 0.257 e. The van der Waals surface area contributed by atoms with E-state index < -0.39 is 0 Å². The van der Waals surface area contributed by atoms with Gasteiger partial charge in [-0.25, -0.2) is 15.0 Å². The van der Waals surface area contributed by atoms with E-state index in [4.69, 9.17) is 28.1 Å². The zero-order valence-electron chi connectivity index (χ0n) is 21.8. The minimum absolute atomic E-state index is 0.277. The van der Waals surface area contributed by atoms with Crippen LogP contribution in [0.2, 0.25) is 5.02 Å². The smallest absolute Gasteiger partial charge is 0.257 e. The van der Waals surface area contributed by atoms with Crippen molar-refractivity contribution in [2.24, 2.45) is 16.5 Å². The summed E-state index contributed by atoms with van der Waals surface area (Å²) in [5.74, 6) is 1.27. The molecular formula is C30H28ClN7OS. The minimum Gasteiger partial charge on any atom is -0.402 e. The van der Waals surface area contributed by atoms with Gasteiger partial charge in [0.05, 0.1) is 10.6 Å². The number of amidine groups is 1. The number of nitrogens with two attached hydrogens (primary N) is 2. The van der Waals surface area contributed by atoms with Crippen molar-refractivity contribution >= 4 is 52.4 Å². The Bertz CT molecular complexity index is 1580. The molecule has 40 heavy (non-hydrogen) atoms. The second kappa shape index (κ2) is 12.2. The predicted octanol–water partition coefficient (Wildman–Crippen LogP) is 6.26. The fraction of sp³-hybridized carbons (Fsp3) is 0.133. The molecule has 0 saturated carbocycles. The zero-order chi connectivity index (χ0) is 28.1. The van der Waals surface area contributed by atoms with Crippen LogP contribution in [0.1, 0.15) is 23.7 Å². The van der Waals surface area contributed by atoms with Crippen LogP contribution in [-0.4, -0.2) is 34.8 Å². The quantitative estimate of drug-likeness (QED) is 0.130. The first kappa shape index (κ1) is 27.2. The molecule has 8 nitrogen and oxygen atoms in total.